The van der Waals surface area contributed by atoms with Gasteiger partial charge in [0.25, 0.3) is 5.91 Å². The van der Waals surface area contributed by atoms with E-state index in [1.807, 2.05) is 35.2 Å². The van der Waals surface area contributed by atoms with Crippen molar-refractivity contribution in [2.75, 3.05) is 13.1 Å². The second-order valence-corrected chi connectivity index (χ2v) is 7.18. The van der Waals surface area contributed by atoms with E-state index < -0.39 is 6.10 Å². The van der Waals surface area contributed by atoms with E-state index in [2.05, 4.69) is 5.32 Å². The van der Waals surface area contributed by atoms with Crippen LogP contribution in [-0.4, -0.2) is 53.1 Å². The average Bonchev–Trinajstić information content (AvgIpc) is 2.64. The number of likely N-dealkylation sites (tertiary alicyclic amines) is 1. The zero-order chi connectivity index (χ0) is 17.8. The Bertz CT molecular complexity index is 599. The molecule has 2 fully saturated rings. The highest BCUT2D eigenvalue weighted by Crippen LogP contribution is 2.24. The van der Waals surface area contributed by atoms with E-state index in [1.54, 1.807) is 0 Å². The molecule has 1 aromatic carbocycles. The Morgan fingerprint density at radius 1 is 1.08 bits per heavy atom. The molecule has 0 unspecified atom stereocenters. The van der Waals surface area contributed by atoms with Gasteiger partial charge in [-0.05, 0) is 44.2 Å². The van der Waals surface area contributed by atoms with Gasteiger partial charge in [-0.1, -0.05) is 18.2 Å². The number of piperidine rings is 1. The summed E-state index contributed by atoms with van der Waals surface area (Å²) in [5.41, 5.74) is 6.58. The van der Waals surface area contributed by atoms with Crippen molar-refractivity contribution in [2.24, 2.45) is 11.7 Å². The second-order valence-electron chi connectivity index (χ2n) is 7.18. The van der Waals surface area contributed by atoms with E-state index in [4.69, 9.17) is 5.73 Å². The van der Waals surface area contributed by atoms with Crippen LogP contribution < -0.4 is 11.1 Å². The number of carbonyl (C=O) groups is 2. The summed E-state index contributed by atoms with van der Waals surface area (Å²) in [6.45, 7) is 1.31. The Morgan fingerprint density at radius 2 is 1.76 bits per heavy atom. The standard InChI is InChI=1S/C19H27N3O3/c20-16-12-14(6-7-17(16)23)18(24)21-15-8-10-22(11-9-15)19(25)13-4-2-1-3-5-13/h1-5,14-17,23H,6-12,20H2,(H,21,24)/t14-,16+,17+/m0/s1. The zero-order valence-electron chi connectivity index (χ0n) is 14.4. The van der Waals surface area contributed by atoms with Gasteiger partial charge in [-0.3, -0.25) is 9.59 Å². The van der Waals surface area contributed by atoms with Gasteiger partial charge in [0.05, 0.1) is 6.10 Å². The molecule has 1 saturated carbocycles. The molecule has 2 aliphatic rings. The first kappa shape index (κ1) is 17.9. The molecule has 2 amide bonds. The third kappa shape index (κ3) is 4.38. The summed E-state index contributed by atoms with van der Waals surface area (Å²) in [5.74, 6) is -0.0183. The maximum atomic E-state index is 12.4. The highest BCUT2D eigenvalue weighted by atomic mass is 16.3. The molecule has 1 heterocycles. The number of nitrogens with two attached hydrogens (primary N) is 1. The smallest absolute Gasteiger partial charge is 0.253 e. The number of hydrogen-bond acceptors (Lipinski definition) is 4. The lowest BCUT2D eigenvalue weighted by atomic mass is 9.83. The molecule has 1 aliphatic heterocycles. The molecule has 0 radical (unpaired) electrons. The van der Waals surface area contributed by atoms with Crippen LogP contribution in [0, 0.1) is 5.92 Å². The van der Waals surface area contributed by atoms with E-state index in [9.17, 15) is 14.7 Å². The molecule has 1 aliphatic carbocycles. The first-order chi connectivity index (χ1) is 12.0. The van der Waals surface area contributed by atoms with Crippen LogP contribution in [0.25, 0.3) is 0 Å². The summed E-state index contributed by atoms with van der Waals surface area (Å²) in [6, 6.07) is 9.09. The number of aliphatic hydroxyl groups is 1. The minimum atomic E-state index is -0.490. The highest BCUT2D eigenvalue weighted by molar-refractivity contribution is 5.94. The number of nitrogens with zero attached hydrogens (tertiary/aromatic N) is 1. The Kier molecular flexibility index (Phi) is 5.71. The molecule has 3 rings (SSSR count). The summed E-state index contributed by atoms with van der Waals surface area (Å²) >= 11 is 0. The quantitative estimate of drug-likeness (QED) is 0.758. The molecule has 136 valence electrons. The van der Waals surface area contributed by atoms with Gasteiger partial charge in [0.1, 0.15) is 0 Å². The molecule has 25 heavy (non-hydrogen) atoms. The van der Waals surface area contributed by atoms with Crippen LogP contribution in [0.2, 0.25) is 0 Å². The molecule has 6 heteroatoms. The van der Waals surface area contributed by atoms with Crippen LogP contribution in [0.4, 0.5) is 0 Å². The van der Waals surface area contributed by atoms with Crippen molar-refractivity contribution >= 4 is 11.8 Å². The summed E-state index contributed by atoms with van der Waals surface area (Å²) in [5, 5.41) is 12.8. The van der Waals surface area contributed by atoms with Crippen LogP contribution in [0.15, 0.2) is 30.3 Å². The molecule has 0 bridgehead atoms. The molecule has 3 atom stereocenters. The van der Waals surface area contributed by atoms with Gasteiger partial charge in [-0.15, -0.1) is 0 Å². The first-order valence-electron chi connectivity index (χ1n) is 9.13. The summed E-state index contributed by atoms with van der Waals surface area (Å²) < 4.78 is 0. The minimum Gasteiger partial charge on any atom is -0.392 e. The van der Waals surface area contributed by atoms with Gasteiger partial charge in [-0.25, -0.2) is 0 Å². The topological polar surface area (TPSA) is 95.7 Å². The predicted molar refractivity (Wildman–Crippen MR) is 94.8 cm³/mol. The molecule has 1 saturated heterocycles. The molecular weight excluding hydrogens is 318 g/mol. The summed E-state index contributed by atoms with van der Waals surface area (Å²) in [7, 11) is 0. The maximum absolute atomic E-state index is 12.4. The van der Waals surface area contributed by atoms with E-state index in [-0.39, 0.29) is 29.8 Å². The average molecular weight is 345 g/mol. The van der Waals surface area contributed by atoms with Crippen LogP contribution in [0.1, 0.15) is 42.5 Å². The molecule has 0 aromatic heterocycles. The van der Waals surface area contributed by atoms with Crippen LogP contribution in [0.5, 0.6) is 0 Å². The molecule has 4 N–H and O–H groups in total. The van der Waals surface area contributed by atoms with Gasteiger partial charge >= 0.3 is 0 Å². The van der Waals surface area contributed by atoms with Crippen molar-refractivity contribution in [3.8, 4) is 0 Å². The molecule has 0 spiro atoms. The maximum Gasteiger partial charge on any atom is 0.253 e. The fourth-order valence-electron chi connectivity index (χ4n) is 3.74. The number of carbonyl (C=O) groups excluding carboxylic acids is 2. The van der Waals surface area contributed by atoms with Crippen molar-refractivity contribution in [1.29, 1.82) is 0 Å². The van der Waals surface area contributed by atoms with Gasteiger partial charge in [-0.2, -0.15) is 0 Å². The third-order valence-corrected chi connectivity index (χ3v) is 5.38. The number of benzene rings is 1. The Morgan fingerprint density at radius 3 is 2.40 bits per heavy atom. The number of hydrogen-bond donors (Lipinski definition) is 3. The second kappa shape index (κ2) is 7.97. The molecule has 1 aromatic rings. The number of aliphatic hydroxyl groups excluding tert-OH is 1. The lowest BCUT2D eigenvalue weighted by molar-refractivity contribution is -0.127. The zero-order valence-corrected chi connectivity index (χ0v) is 14.4. The Hall–Kier alpha value is -1.92. The lowest BCUT2D eigenvalue weighted by Gasteiger charge is -2.35. The van der Waals surface area contributed by atoms with Crippen molar-refractivity contribution in [3.63, 3.8) is 0 Å². The largest absolute Gasteiger partial charge is 0.392 e. The summed E-state index contributed by atoms with van der Waals surface area (Å²) in [4.78, 5) is 26.7. The van der Waals surface area contributed by atoms with Gasteiger partial charge in [0.2, 0.25) is 5.91 Å². The van der Waals surface area contributed by atoms with Gasteiger partial charge in [0, 0.05) is 36.7 Å². The number of amides is 2. The number of nitrogens with one attached hydrogen (secondary N) is 1. The summed E-state index contributed by atoms with van der Waals surface area (Å²) in [6.07, 6.45) is 2.86. The fourth-order valence-corrected chi connectivity index (χ4v) is 3.74. The fraction of sp³-hybridized carbons (Fsp3) is 0.579. The van der Waals surface area contributed by atoms with E-state index in [0.29, 0.717) is 37.9 Å². The van der Waals surface area contributed by atoms with E-state index >= 15 is 0 Å². The van der Waals surface area contributed by atoms with Gasteiger partial charge < -0.3 is 21.1 Å². The van der Waals surface area contributed by atoms with Crippen LogP contribution in [-0.2, 0) is 4.79 Å². The van der Waals surface area contributed by atoms with Crippen LogP contribution in [0.3, 0.4) is 0 Å². The van der Waals surface area contributed by atoms with Crippen LogP contribution >= 0.6 is 0 Å². The van der Waals surface area contributed by atoms with Gasteiger partial charge in [0.15, 0.2) is 0 Å². The SMILES string of the molecule is N[C@@H]1C[C@@H](C(=O)NC2CCN(C(=O)c3ccccc3)CC2)CC[C@H]1O. The van der Waals surface area contributed by atoms with Crippen molar-refractivity contribution in [2.45, 2.75) is 50.3 Å². The molecular formula is C19H27N3O3. The Labute approximate surface area is 148 Å². The Balaban J connectivity index is 1.46. The highest BCUT2D eigenvalue weighted by Gasteiger charge is 2.32. The first-order valence-corrected chi connectivity index (χ1v) is 9.13. The minimum absolute atomic E-state index is 0.0372. The number of rotatable bonds is 3. The molecule has 6 nitrogen and oxygen atoms in total. The monoisotopic (exact) mass is 345 g/mol. The van der Waals surface area contributed by atoms with Crippen molar-refractivity contribution < 1.29 is 14.7 Å². The predicted octanol–water partition coefficient (Wildman–Crippen LogP) is 0.896. The van der Waals surface area contributed by atoms with Crippen molar-refractivity contribution in [3.05, 3.63) is 35.9 Å². The normalized spacial score (nSPS) is 27.8. The lowest BCUT2D eigenvalue weighted by Crippen LogP contribution is -2.50. The van der Waals surface area contributed by atoms with E-state index in [1.165, 1.54) is 0 Å². The third-order valence-electron chi connectivity index (χ3n) is 5.38. The van der Waals surface area contributed by atoms with Crippen molar-refractivity contribution in [1.82, 2.24) is 10.2 Å². The van der Waals surface area contributed by atoms with E-state index in [0.717, 1.165) is 12.8 Å².